The van der Waals surface area contributed by atoms with Gasteiger partial charge in [-0.2, -0.15) is 0 Å². The first kappa shape index (κ1) is 14.4. The Labute approximate surface area is 128 Å². The van der Waals surface area contributed by atoms with Crippen LogP contribution in [0.4, 0.5) is 0 Å². The fourth-order valence-electron chi connectivity index (χ4n) is 3.00. The molecular formula is C15H17ClN2O3. The third-order valence-corrected chi connectivity index (χ3v) is 4.38. The standard InChI is InChI=1S/C15H17ClN2O3/c16-12-13(15(20)21-14(12)19)18(11-3-1-2-4-11)9-10-5-7-17-8-6-10/h5-8,11,15,20H,1-4,9H2. The first-order chi connectivity index (χ1) is 10.2. The molecule has 112 valence electrons. The number of aromatic nitrogens is 1. The summed E-state index contributed by atoms with van der Waals surface area (Å²) in [5.41, 5.74) is 1.45. The fourth-order valence-corrected chi connectivity index (χ4v) is 3.25. The van der Waals surface area contributed by atoms with Gasteiger partial charge in [0.1, 0.15) is 5.70 Å². The van der Waals surface area contributed by atoms with Gasteiger partial charge in [-0.05, 0) is 30.5 Å². The Hall–Kier alpha value is -1.59. The molecule has 1 aromatic heterocycles. The lowest BCUT2D eigenvalue weighted by molar-refractivity contribution is -0.153. The highest BCUT2D eigenvalue weighted by Crippen LogP contribution is 2.34. The number of nitrogens with zero attached hydrogens (tertiary/aromatic N) is 2. The number of hydrogen-bond donors (Lipinski definition) is 1. The van der Waals surface area contributed by atoms with Crippen molar-refractivity contribution in [2.75, 3.05) is 0 Å². The molecule has 21 heavy (non-hydrogen) atoms. The molecule has 0 spiro atoms. The Morgan fingerprint density at radius 3 is 2.57 bits per heavy atom. The van der Waals surface area contributed by atoms with E-state index in [1.807, 2.05) is 17.0 Å². The molecule has 3 rings (SSSR count). The highest BCUT2D eigenvalue weighted by molar-refractivity contribution is 6.42. The zero-order chi connectivity index (χ0) is 14.8. The molecule has 0 amide bonds. The Bertz CT molecular complexity index is 555. The molecule has 0 saturated heterocycles. The van der Waals surface area contributed by atoms with E-state index in [9.17, 15) is 9.90 Å². The highest BCUT2D eigenvalue weighted by Gasteiger charge is 2.38. The van der Waals surface area contributed by atoms with Crippen LogP contribution in [0.2, 0.25) is 0 Å². The van der Waals surface area contributed by atoms with Crippen LogP contribution in [-0.2, 0) is 16.1 Å². The molecule has 5 nitrogen and oxygen atoms in total. The predicted octanol–water partition coefficient (Wildman–Crippen LogP) is 2.15. The second kappa shape index (κ2) is 6.03. The maximum Gasteiger partial charge on any atom is 0.354 e. The molecule has 1 unspecified atom stereocenters. The molecule has 1 atom stereocenters. The number of ether oxygens (including phenoxy) is 1. The molecule has 1 aliphatic carbocycles. The zero-order valence-corrected chi connectivity index (χ0v) is 12.3. The van der Waals surface area contributed by atoms with Gasteiger partial charge >= 0.3 is 5.97 Å². The summed E-state index contributed by atoms with van der Waals surface area (Å²) in [6.07, 6.45) is 6.53. The van der Waals surface area contributed by atoms with E-state index in [0.717, 1.165) is 31.2 Å². The molecule has 1 aromatic rings. The van der Waals surface area contributed by atoms with Crippen molar-refractivity contribution in [2.24, 2.45) is 0 Å². The average molecular weight is 309 g/mol. The lowest BCUT2D eigenvalue weighted by Crippen LogP contribution is -2.36. The van der Waals surface area contributed by atoms with E-state index in [1.165, 1.54) is 0 Å². The first-order valence-electron chi connectivity index (χ1n) is 7.11. The third kappa shape index (κ3) is 2.89. The van der Waals surface area contributed by atoms with Gasteiger partial charge in [0.2, 0.25) is 6.29 Å². The van der Waals surface area contributed by atoms with Gasteiger partial charge in [-0.15, -0.1) is 0 Å². The van der Waals surface area contributed by atoms with E-state index in [0.29, 0.717) is 12.2 Å². The van der Waals surface area contributed by atoms with Crippen LogP contribution in [0.3, 0.4) is 0 Å². The van der Waals surface area contributed by atoms with Crippen molar-refractivity contribution in [3.8, 4) is 0 Å². The van der Waals surface area contributed by atoms with Gasteiger partial charge < -0.3 is 14.7 Å². The van der Waals surface area contributed by atoms with Crippen LogP contribution in [0.25, 0.3) is 0 Å². The van der Waals surface area contributed by atoms with Gasteiger partial charge in [-0.1, -0.05) is 24.4 Å². The van der Waals surface area contributed by atoms with E-state index < -0.39 is 12.3 Å². The number of pyridine rings is 1. The maximum atomic E-state index is 11.6. The van der Waals surface area contributed by atoms with Gasteiger partial charge in [-0.25, -0.2) is 4.79 Å². The average Bonchev–Trinajstić information content (AvgIpc) is 3.08. The van der Waals surface area contributed by atoms with Crippen molar-refractivity contribution in [3.05, 3.63) is 40.8 Å². The molecule has 0 aromatic carbocycles. The van der Waals surface area contributed by atoms with Crippen molar-refractivity contribution >= 4 is 17.6 Å². The van der Waals surface area contributed by atoms with Gasteiger partial charge in [0.15, 0.2) is 5.03 Å². The Balaban J connectivity index is 1.91. The van der Waals surface area contributed by atoms with Crippen LogP contribution in [-0.4, -0.2) is 33.3 Å². The lowest BCUT2D eigenvalue weighted by Gasteiger charge is -2.32. The topological polar surface area (TPSA) is 62.7 Å². The molecule has 6 heteroatoms. The minimum Gasteiger partial charge on any atom is -0.425 e. The SMILES string of the molecule is O=C1OC(O)C(N(Cc2ccncc2)C2CCCC2)=C1Cl. The largest absolute Gasteiger partial charge is 0.425 e. The van der Waals surface area contributed by atoms with Crippen molar-refractivity contribution in [1.29, 1.82) is 0 Å². The molecule has 0 bridgehead atoms. The van der Waals surface area contributed by atoms with E-state index in [-0.39, 0.29) is 11.1 Å². The van der Waals surface area contributed by atoms with E-state index in [1.54, 1.807) is 12.4 Å². The smallest absolute Gasteiger partial charge is 0.354 e. The number of carbonyl (C=O) groups excluding carboxylic acids is 1. The molecule has 2 heterocycles. The summed E-state index contributed by atoms with van der Waals surface area (Å²) in [6.45, 7) is 0.576. The molecule has 1 saturated carbocycles. The molecule has 1 aliphatic heterocycles. The number of carbonyl (C=O) groups is 1. The van der Waals surface area contributed by atoms with Crippen LogP contribution in [0.5, 0.6) is 0 Å². The van der Waals surface area contributed by atoms with Gasteiger partial charge in [-0.3, -0.25) is 4.98 Å². The van der Waals surface area contributed by atoms with Crippen LogP contribution in [0, 0.1) is 0 Å². The summed E-state index contributed by atoms with van der Waals surface area (Å²) in [7, 11) is 0. The summed E-state index contributed by atoms with van der Waals surface area (Å²) < 4.78 is 4.82. The number of esters is 1. The number of cyclic esters (lactones) is 1. The van der Waals surface area contributed by atoms with Crippen LogP contribution >= 0.6 is 11.6 Å². The quantitative estimate of drug-likeness (QED) is 0.864. The number of aliphatic hydroxyl groups excluding tert-OH is 1. The molecule has 0 radical (unpaired) electrons. The van der Waals surface area contributed by atoms with Crippen LogP contribution in [0.15, 0.2) is 35.3 Å². The van der Waals surface area contributed by atoms with Gasteiger partial charge in [0.25, 0.3) is 0 Å². The summed E-state index contributed by atoms with van der Waals surface area (Å²) in [5.74, 6) is -0.656. The molecule has 1 N–H and O–H groups in total. The first-order valence-corrected chi connectivity index (χ1v) is 7.49. The van der Waals surface area contributed by atoms with Gasteiger partial charge in [0.05, 0.1) is 0 Å². The number of hydrogen-bond acceptors (Lipinski definition) is 5. The Kier molecular flexibility index (Phi) is 4.12. The van der Waals surface area contributed by atoms with Crippen LogP contribution in [0.1, 0.15) is 31.2 Å². The normalized spacial score (nSPS) is 22.8. The molecule has 2 aliphatic rings. The Morgan fingerprint density at radius 2 is 2.00 bits per heavy atom. The van der Waals surface area contributed by atoms with E-state index in [4.69, 9.17) is 16.3 Å². The second-order valence-electron chi connectivity index (χ2n) is 5.38. The fraction of sp³-hybridized carbons (Fsp3) is 0.467. The minimum atomic E-state index is -1.27. The number of aliphatic hydroxyl groups is 1. The Morgan fingerprint density at radius 1 is 1.33 bits per heavy atom. The molecule has 1 fully saturated rings. The second-order valence-corrected chi connectivity index (χ2v) is 5.76. The maximum absolute atomic E-state index is 11.6. The third-order valence-electron chi connectivity index (χ3n) is 4.03. The monoisotopic (exact) mass is 308 g/mol. The van der Waals surface area contributed by atoms with Crippen molar-refractivity contribution in [3.63, 3.8) is 0 Å². The van der Waals surface area contributed by atoms with Crippen LogP contribution < -0.4 is 0 Å². The van der Waals surface area contributed by atoms with E-state index in [2.05, 4.69) is 4.98 Å². The summed E-state index contributed by atoms with van der Waals surface area (Å²) in [4.78, 5) is 17.6. The lowest BCUT2D eigenvalue weighted by atomic mass is 10.1. The van der Waals surface area contributed by atoms with Crippen molar-refractivity contribution in [2.45, 2.75) is 44.6 Å². The zero-order valence-electron chi connectivity index (χ0n) is 11.5. The predicted molar refractivity (Wildman–Crippen MR) is 77.0 cm³/mol. The van der Waals surface area contributed by atoms with E-state index >= 15 is 0 Å². The summed E-state index contributed by atoms with van der Waals surface area (Å²) in [5, 5.41) is 9.99. The highest BCUT2D eigenvalue weighted by atomic mass is 35.5. The number of rotatable bonds is 4. The summed E-state index contributed by atoms with van der Waals surface area (Å²) in [6, 6.07) is 4.10. The molecular weight excluding hydrogens is 292 g/mol. The van der Waals surface area contributed by atoms with Crippen molar-refractivity contribution in [1.82, 2.24) is 9.88 Å². The van der Waals surface area contributed by atoms with Gasteiger partial charge in [0, 0.05) is 25.0 Å². The summed E-state index contributed by atoms with van der Waals surface area (Å²) >= 11 is 6.05. The minimum absolute atomic E-state index is 0.0107. The number of halogens is 1. The van der Waals surface area contributed by atoms with Crippen molar-refractivity contribution < 1.29 is 14.6 Å².